The Bertz CT molecular complexity index is 1990. The summed E-state index contributed by atoms with van der Waals surface area (Å²) in [5, 5.41) is 3.96. The maximum absolute atomic E-state index is 12.9. The lowest BCUT2D eigenvalue weighted by molar-refractivity contribution is -0.115. The standard InChI is InChI=1S/C31H20N4O4S3/c1-16-7-10-22(17(2)13-16)32-30-34-27(36)25(40-30)15-19-9-12-26(39-19)42-31-33-23-11-8-18(14-24(23)41-31)35-28(37)20-5-3-4-6-21(20)29(35)38/h3-15H,1-2H3,(H,32,34,36)/b25-15-. The predicted octanol–water partition coefficient (Wildman–Crippen LogP) is 7.35. The average Bonchev–Trinajstić information content (AvgIpc) is 3.72. The number of thioether (sulfide) groups is 1. The number of amides is 3. The van der Waals surface area contributed by atoms with Crippen LogP contribution in [0.4, 0.5) is 11.4 Å². The molecule has 3 amide bonds. The second-order valence-corrected chi connectivity index (χ2v) is 13.0. The summed E-state index contributed by atoms with van der Waals surface area (Å²) >= 11 is 4.07. The van der Waals surface area contributed by atoms with E-state index in [0.717, 1.165) is 31.4 Å². The molecule has 2 aliphatic rings. The van der Waals surface area contributed by atoms with Crippen LogP contribution >= 0.6 is 34.9 Å². The van der Waals surface area contributed by atoms with Crippen molar-refractivity contribution in [3.63, 3.8) is 0 Å². The SMILES string of the molecule is Cc1ccc(N=C2NC(=O)/C(=C/c3ccc(Sc4nc5ccc(N6C(=O)c7ccccc7C6=O)cc5s4)o3)S2)c(C)c1. The van der Waals surface area contributed by atoms with Crippen LogP contribution in [-0.4, -0.2) is 27.9 Å². The molecule has 1 fully saturated rings. The van der Waals surface area contributed by atoms with Gasteiger partial charge in [-0.3, -0.25) is 14.4 Å². The highest BCUT2D eigenvalue weighted by Gasteiger charge is 2.36. The highest BCUT2D eigenvalue weighted by atomic mass is 32.2. The molecule has 206 valence electrons. The van der Waals surface area contributed by atoms with Gasteiger partial charge in [-0.2, -0.15) is 0 Å². The van der Waals surface area contributed by atoms with Crippen molar-refractivity contribution in [3.05, 3.63) is 106 Å². The number of furan rings is 1. The number of carbonyl (C=O) groups is 3. The number of hydrogen-bond acceptors (Lipinski definition) is 9. The van der Waals surface area contributed by atoms with Gasteiger partial charge in [0.15, 0.2) is 14.6 Å². The summed E-state index contributed by atoms with van der Waals surface area (Å²) in [6.45, 7) is 4.02. The Morgan fingerprint density at radius 3 is 2.50 bits per heavy atom. The zero-order valence-corrected chi connectivity index (χ0v) is 24.7. The number of amidine groups is 1. The summed E-state index contributed by atoms with van der Waals surface area (Å²) in [4.78, 5) is 49.3. The first-order valence-electron chi connectivity index (χ1n) is 12.9. The summed E-state index contributed by atoms with van der Waals surface area (Å²) < 4.78 is 7.56. The normalized spacial score (nSPS) is 16.7. The van der Waals surface area contributed by atoms with E-state index in [9.17, 15) is 14.4 Å². The quantitative estimate of drug-likeness (QED) is 0.164. The smallest absolute Gasteiger partial charge is 0.266 e. The largest absolute Gasteiger partial charge is 0.450 e. The van der Waals surface area contributed by atoms with E-state index >= 15 is 0 Å². The van der Waals surface area contributed by atoms with E-state index in [1.165, 1.54) is 39.8 Å². The third-order valence-corrected chi connectivity index (χ3v) is 9.60. The number of nitrogens with zero attached hydrogens (tertiary/aromatic N) is 3. The van der Waals surface area contributed by atoms with Gasteiger partial charge in [-0.1, -0.05) is 29.8 Å². The van der Waals surface area contributed by atoms with Crippen LogP contribution in [0.3, 0.4) is 0 Å². The van der Waals surface area contributed by atoms with Crippen LogP contribution in [0.25, 0.3) is 16.3 Å². The van der Waals surface area contributed by atoms with E-state index in [1.807, 2.05) is 38.1 Å². The lowest BCUT2D eigenvalue weighted by Gasteiger charge is -2.13. The molecule has 1 N–H and O–H groups in total. The lowest BCUT2D eigenvalue weighted by Crippen LogP contribution is -2.29. The first-order chi connectivity index (χ1) is 20.3. The van der Waals surface area contributed by atoms with Crippen LogP contribution in [-0.2, 0) is 4.79 Å². The van der Waals surface area contributed by atoms with E-state index < -0.39 is 0 Å². The number of hydrogen-bond donors (Lipinski definition) is 1. The van der Waals surface area contributed by atoms with Gasteiger partial charge < -0.3 is 9.73 Å². The fraction of sp³-hybridized carbons (Fsp3) is 0.0645. The highest BCUT2D eigenvalue weighted by Crippen LogP contribution is 2.38. The summed E-state index contributed by atoms with van der Waals surface area (Å²) in [7, 11) is 0. The van der Waals surface area contributed by atoms with Crippen molar-refractivity contribution in [2.24, 2.45) is 4.99 Å². The number of imide groups is 1. The van der Waals surface area contributed by atoms with Crippen molar-refractivity contribution in [1.82, 2.24) is 10.3 Å². The minimum Gasteiger partial charge on any atom is -0.450 e. The van der Waals surface area contributed by atoms with Crippen molar-refractivity contribution in [3.8, 4) is 0 Å². The molecular formula is C31H20N4O4S3. The zero-order chi connectivity index (χ0) is 29.0. The van der Waals surface area contributed by atoms with E-state index in [1.54, 1.807) is 48.5 Å². The van der Waals surface area contributed by atoms with E-state index in [-0.39, 0.29) is 17.7 Å². The van der Waals surface area contributed by atoms with Gasteiger partial charge in [0.05, 0.1) is 37.6 Å². The summed E-state index contributed by atoms with van der Waals surface area (Å²) in [6, 6.07) is 21.8. The average molecular weight is 609 g/mol. The molecule has 0 atom stereocenters. The summed E-state index contributed by atoms with van der Waals surface area (Å²) in [6.07, 6.45) is 1.70. The third kappa shape index (κ3) is 4.85. The topological polar surface area (TPSA) is 105 Å². The Balaban J connectivity index is 1.07. The van der Waals surface area contributed by atoms with Gasteiger partial charge in [0.25, 0.3) is 17.7 Å². The molecule has 3 aromatic carbocycles. The molecule has 11 heteroatoms. The summed E-state index contributed by atoms with van der Waals surface area (Å²) in [5.74, 6) is -0.348. The second-order valence-electron chi connectivity index (χ2n) is 9.65. The Morgan fingerprint density at radius 2 is 1.74 bits per heavy atom. The lowest BCUT2D eigenvalue weighted by atomic mass is 10.1. The number of benzene rings is 3. The van der Waals surface area contributed by atoms with Gasteiger partial charge in [-0.15, -0.1) is 11.3 Å². The monoisotopic (exact) mass is 608 g/mol. The number of aliphatic imine (C=N–C) groups is 1. The third-order valence-electron chi connectivity index (χ3n) is 6.69. The molecule has 42 heavy (non-hydrogen) atoms. The number of rotatable bonds is 5. The molecule has 2 aromatic heterocycles. The van der Waals surface area contributed by atoms with Gasteiger partial charge in [0, 0.05) is 6.08 Å². The first kappa shape index (κ1) is 26.4. The number of thiazole rings is 1. The molecule has 7 rings (SSSR count). The molecule has 0 radical (unpaired) electrons. The number of aromatic nitrogens is 1. The molecular weight excluding hydrogens is 589 g/mol. The van der Waals surface area contributed by atoms with Crippen LogP contribution in [0, 0.1) is 13.8 Å². The first-order valence-corrected chi connectivity index (χ1v) is 15.3. The van der Waals surface area contributed by atoms with Gasteiger partial charge >= 0.3 is 0 Å². The molecule has 1 saturated heterocycles. The molecule has 0 unspecified atom stereocenters. The molecule has 0 aliphatic carbocycles. The van der Waals surface area contributed by atoms with Crippen molar-refractivity contribution < 1.29 is 18.8 Å². The fourth-order valence-electron chi connectivity index (χ4n) is 4.70. The number of anilines is 1. The Kier molecular flexibility index (Phi) is 6.57. The Morgan fingerprint density at radius 1 is 0.952 bits per heavy atom. The van der Waals surface area contributed by atoms with Crippen molar-refractivity contribution in [2.75, 3.05) is 4.90 Å². The van der Waals surface area contributed by atoms with Crippen LogP contribution in [0.15, 0.2) is 96.5 Å². The van der Waals surface area contributed by atoms with Crippen molar-refractivity contribution in [1.29, 1.82) is 0 Å². The molecule has 0 spiro atoms. The molecule has 2 aliphatic heterocycles. The van der Waals surface area contributed by atoms with Crippen molar-refractivity contribution in [2.45, 2.75) is 23.3 Å². The Hall–Kier alpha value is -4.45. The zero-order valence-electron chi connectivity index (χ0n) is 22.2. The highest BCUT2D eigenvalue weighted by molar-refractivity contribution is 8.18. The van der Waals surface area contributed by atoms with E-state index in [2.05, 4.69) is 21.4 Å². The van der Waals surface area contributed by atoms with Gasteiger partial charge in [0.1, 0.15) is 5.76 Å². The number of fused-ring (bicyclic) bond motifs is 2. The van der Waals surface area contributed by atoms with Crippen LogP contribution in [0.5, 0.6) is 0 Å². The fourth-order valence-corrected chi connectivity index (χ4v) is 7.52. The maximum Gasteiger partial charge on any atom is 0.266 e. The second kappa shape index (κ2) is 10.4. The minimum absolute atomic E-state index is 0.228. The maximum atomic E-state index is 12.9. The van der Waals surface area contributed by atoms with Gasteiger partial charge in [0.2, 0.25) is 0 Å². The van der Waals surface area contributed by atoms with Crippen molar-refractivity contribution >= 4 is 85.4 Å². The number of aryl methyl sites for hydroxylation is 2. The number of nitrogens with one attached hydrogen (secondary N) is 1. The molecule has 4 heterocycles. The molecule has 8 nitrogen and oxygen atoms in total. The minimum atomic E-state index is -0.330. The van der Waals surface area contributed by atoms with Gasteiger partial charge in [-0.25, -0.2) is 14.9 Å². The summed E-state index contributed by atoms with van der Waals surface area (Å²) in [5.41, 5.74) is 5.09. The van der Waals surface area contributed by atoms with E-state index in [0.29, 0.717) is 37.7 Å². The van der Waals surface area contributed by atoms with Crippen LogP contribution in [0.1, 0.15) is 37.6 Å². The van der Waals surface area contributed by atoms with Gasteiger partial charge in [-0.05, 0) is 91.5 Å². The molecule has 0 bridgehead atoms. The van der Waals surface area contributed by atoms with Crippen LogP contribution in [0.2, 0.25) is 0 Å². The molecule has 0 saturated carbocycles. The van der Waals surface area contributed by atoms with Crippen LogP contribution < -0.4 is 10.2 Å². The predicted molar refractivity (Wildman–Crippen MR) is 167 cm³/mol. The van der Waals surface area contributed by atoms with E-state index in [4.69, 9.17) is 4.42 Å². The number of carbonyl (C=O) groups excluding carboxylic acids is 3. The molecule has 5 aromatic rings. The Labute approximate surface area is 252 Å².